The van der Waals surface area contributed by atoms with Crippen LogP contribution in [0.1, 0.15) is 60.0 Å². The Kier molecular flexibility index (Phi) is 8.57. The SMILES string of the molecule is COC(=O)c1nc(C(=O)NC2CNC(=O)C2)ccc1-c1cc2c(cc1C(=O)Nc1c(C)cc(CN)cc1C)-c1sccc1CCO2. The first-order chi connectivity index (χ1) is 22.2. The van der Waals surface area contributed by atoms with Crippen LogP contribution in [0, 0.1) is 13.8 Å². The molecule has 0 saturated carbocycles. The van der Waals surface area contributed by atoms with Gasteiger partial charge in [0.1, 0.15) is 11.4 Å². The Bertz CT molecular complexity index is 1880. The van der Waals surface area contributed by atoms with Gasteiger partial charge in [-0.05, 0) is 71.8 Å². The summed E-state index contributed by atoms with van der Waals surface area (Å²) in [5, 5.41) is 10.5. The first-order valence-corrected chi connectivity index (χ1v) is 15.7. The Hall–Kier alpha value is -5.07. The summed E-state index contributed by atoms with van der Waals surface area (Å²) < 4.78 is 11.2. The predicted molar refractivity (Wildman–Crippen MR) is 174 cm³/mol. The number of aromatic nitrogens is 1. The molecule has 0 spiro atoms. The molecule has 2 aliphatic heterocycles. The van der Waals surface area contributed by atoms with Crippen LogP contribution in [0.3, 0.4) is 0 Å². The minimum Gasteiger partial charge on any atom is -0.493 e. The summed E-state index contributed by atoms with van der Waals surface area (Å²) in [5.41, 5.74) is 11.9. The monoisotopic (exact) mass is 639 g/mol. The van der Waals surface area contributed by atoms with Gasteiger partial charge in [0.05, 0.1) is 19.8 Å². The molecule has 2 aliphatic rings. The van der Waals surface area contributed by atoms with Crippen molar-refractivity contribution in [1.82, 2.24) is 15.6 Å². The smallest absolute Gasteiger partial charge is 0.357 e. The van der Waals surface area contributed by atoms with Crippen molar-refractivity contribution in [2.24, 2.45) is 5.73 Å². The second-order valence-corrected chi connectivity index (χ2v) is 12.2. The normalized spacial score (nSPS) is 15.1. The van der Waals surface area contributed by atoms with E-state index in [1.165, 1.54) is 13.2 Å². The lowest BCUT2D eigenvalue weighted by molar-refractivity contribution is -0.119. The Morgan fingerprint density at radius 2 is 1.85 bits per heavy atom. The minimum atomic E-state index is -0.783. The third-order valence-corrected chi connectivity index (χ3v) is 9.15. The fourth-order valence-electron chi connectivity index (χ4n) is 5.90. The third kappa shape index (κ3) is 5.96. The van der Waals surface area contributed by atoms with Crippen LogP contribution in [0.2, 0.25) is 0 Å². The van der Waals surface area contributed by atoms with E-state index in [1.54, 1.807) is 29.5 Å². The maximum Gasteiger partial charge on any atom is 0.357 e. The van der Waals surface area contributed by atoms with E-state index in [0.29, 0.717) is 48.7 Å². The molecule has 4 heterocycles. The van der Waals surface area contributed by atoms with Crippen LogP contribution in [-0.2, 0) is 22.5 Å². The lowest BCUT2D eigenvalue weighted by Crippen LogP contribution is -2.36. The molecule has 2 aromatic carbocycles. The number of nitrogens with two attached hydrogens (primary N) is 1. The van der Waals surface area contributed by atoms with E-state index >= 15 is 0 Å². The molecule has 1 saturated heterocycles. The van der Waals surface area contributed by atoms with E-state index in [4.69, 9.17) is 15.2 Å². The Balaban J connectivity index is 1.48. The van der Waals surface area contributed by atoms with E-state index < -0.39 is 23.8 Å². The average Bonchev–Trinajstić information content (AvgIpc) is 3.65. The summed E-state index contributed by atoms with van der Waals surface area (Å²) >= 11 is 1.57. The van der Waals surface area contributed by atoms with Crippen molar-refractivity contribution in [2.75, 3.05) is 25.6 Å². The zero-order chi connectivity index (χ0) is 32.5. The van der Waals surface area contributed by atoms with Crippen LogP contribution < -0.4 is 26.4 Å². The summed E-state index contributed by atoms with van der Waals surface area (Å²) in [6, 6.07) is 12.1. The van der Waals surface area contributed by atoms with Gasteiger partial charge in [-0.15, -0.1) is 11.3 Å². The number of hydrogen-bond acceptors (Lipinski definition) is 9. The van der Waals surface area contributed by atoms with E-state index in [1.807, 2.05) is 31.4 Å². The number of rotatable bonds is 7. The van der Waals surface area contributed by atoms with Crippen molar-refractivity contribution in [3.63, 3.8) is 0 Å². The van der Waals surface area contributed by atoms with Crippen molar-refractivity contribution in [3.8, 4) is 27.3 Å². The molecule has 2 aromatic heterocycles. The third-order valence-electron chi connectivity index (χ3n) is 8.16. The average molecular weight is 640 g/mol. The highest BCUT2D eigenvalue weighted by molar-refractivity contribution is 7.13. The molecule has 1 fully saturated rings. The molecular weight excluding hydrogens is 606 g/mol. The number of pyridine rings is 1. The molecule has 0 radical (unpaired) electrons. The van der Waals surface area contributed by atoms with Crippen LogP contribution in [0.25, 0.3) is 21.6 Å². The van der Waals surface area contributed by atoms with Crippen LogP contribution in [0.5, 0.6) is 5.75 Å². The maximum absolute atomic E-state index is 14.2. The summed E-state index contributed by atoms with van der Waals surface area (Å²) in [6.45, 7) is 4.94. The van der Waals surface area contributed by atoms with Crippen molar-refractivity contribution in [3.05, 3.63) is 87.0 Å². The van der Waals surface area contributed by atoms with Gasteiger partial charge in [-0.1, -0.05) is 12.1 Å². The van der Waals surface area contributed by atoms with Crippen LogP contribution in [-0.4, -0.2) is 55.0 Å². The minimum absolute atomic E-state index is 0.0324. The number of nitrogens with zero attached hydrogens (tertiary/aromatic N) is 1. The number of nitrogens with one attached hydrogen (secondary N) is 3. The lowest BCUT2D eigenvalue weighted by Gasteiger charge is -2.19. The molecule has 11 nitrogen and oxygen atoms in total. The summed E-state index contributed by atoms with van der Waals surface area (Å²) in [5.74, 6) is -1.32. The molecule has 5 N–H and O–H groups in total. The van der Waals surface area contributed by atoms with Gasteiger partial charge >= 0.3 is 5.97 Å². The highest BCUT2D eigenvalue weighted by Crippen LogP contribution is 2.43. The quantitative estimate of drug-likeness (QED) is 0.219. The van der Waals surface area contributed by atoms with Crippen LogP contribution in [0.15, 0.2) is 47.8 Å². The molecule has 12 heteroatoms. The molecule has 3 amide bonds. The highest BCUT2D eigenvalue weighted by atomic mass is 32.1. The van der Waals surface area contributed by atoms with Crippen molar-refractivity contribution in [1.29, 1.82) is 0 Å². The number of carbonyl (C=O) groups excluding carboxylic acids is 4. The van der Waals surface area contributed by atoms with Crippen LogP contribution >= 0.6 is 11.3 Å². The lowest BCUT2D eigenvalue weighted by atomic mass is 9.93. The second kappa shape index (κ2) is 12.7. The number of amides is 3. The van der Waals surface area contributed by atoms with Crippen molar-refractivity contribution < 1.29 is 28.7 Å². The van der Waals surface area contributed by atoms with Gasteiger partial charge < -0.3 is 31.2 Å². The Morgan fingerprint density at radius 1 is 1.07 bits per heavy atom. The van der Waals surface area contributed by atoms with Gasteiger partial charge in [0.2, 0.25) is 5.91 Å². The molecule has 6 rings (SSSR count). The van der Waals surface area contributed by atoms with Gasteiger partial charge in [-0.2, -0.15) is 0 Å². The molecule has 46 heavy (non-hydrogen) atoms. The summed E-state index contributed by atoms with van der Waals surface area (Å²) in [7, 11) is 1.22. The Morgan fingerprint density at radius 3 is 2.54 bits per heavy atom. The van der Waals surface area contributed by atoms with Gasteiger partial charge in [-0.3, -0.25) is 14.4 Å². The second-order valence-electron chi connectivity index (χ2n) is 11.3. The van der Waals surface area contributed by atoms with Gasteiger partial charge in [-0.25, -0.2) is 9.78 Å². The number of ether oxygens (including phenoxy) is 2. The zero-order valence-corrected chi connectivity index (χ0v) is 26.4. The highest BCUT2D eigenvalue weighted by Gasteiger charge is 2.29. The topological polar surface area (TPSA) is 162 Å². The summed E-state index contributed by atoms with van der Waals surface area (Å²) in [4.78, 5) is 57.5. The standard InChI is InChI=1S/C34H33N5O6S/c1-17-10-19(15-35)11-18(2)29(17)39-32(41)24-13-25-27(45-8-6-20-7-9-46-31(20)25)14-23(24)22-4-5-26(38-30(22)34(43)44-3)33(42)37-21-12-28(40)36-16-21/h4-5,7,9-11,13-14,21H,6,8,12,15-16,35H2,1-3H3,(H,36,40)(H,37,42)(H,39,41). The Labute approximate surface area is 269 Å². The fourth-order valence-corrected chi connectivity index (χ4v) is 6.87. The maximum atomic E-state index is 14.2. The number of methoxy groups -OCH3 is 1. The van der Waals surface area contributed by atoms with Gasteiger partial charge in [0.25, 0.3) is 11.8 Å². The number of fused-ring (bicyclic) bond motifs is 3. The van der Waals surface area contributed by atoms with Gasteiger partial charge in [0, 0.05) is 58.7 Å². The molecule has 4 aromatic rings. The first-order valence-electron chi connectivity index (χ1n) is 14.8. The molecule has 0 aliphatic carbocycles. The van der Waals surface area contributed by atoms with Crippen molar-refractivity contribution in [2.45, 2.75) is 39.3 Å². The van der Waals surface area contributed by atoms with Gasteiger partial charge in [0.15, 0.2) is 5.69 Å². The predicted octanol–water partition coefficient (Wildman–Crippen LogP) is 4.14. The molecule has 1 atom stereocenters. The summed E-state index contributed by atoms with van der Waals surface area (Å²) in [6.07, 6.45) is 0.859. The number of esters is 1. The largest absolute Gasteiger partial charge is 0.493 e. The first kappa shape index (κ1) is 30.9. The number of thiophene rings is 1. The number of benzene rings is 2. The van der Waals surface area contributed by atoms with Crippen molar-refractivity contribution >= 4 is 40.7 Å². The number of hydrogen-bond donors (Lipinski definition) is 4. The molecule has 236 valence electrons. The molecule has 0 bridgehead atoms. The van der Waals surface area contributed by atoms with Crippen LogP contribution in [0.4, 0.5) is 5.69 Å². The number of carbonyl (C=O) groups is 4. The number of anilines is 1. The zero-order valence-electron chi connectivity index (χ0n) is 25.6. The van der Waals surface area contributed by atoms with E-state index in [2.05, 4.69) is 27.0 Å². The number of aryl methyl sites for hydroxylation is 2. The van der Waals surface area contributed by atoms with E-state index in [-0.39, 0.29) is 29.3 Å². The molecular formula is C34H33N5O6S. The fraction of sp³-hybridized carbons (Fsp3) is 0.265. The molecule has 1 unspecified atom stereocenters. The van der Waals surface area contributed by atoms with E-state index in [9.17, 15) is 19.2 Å². The van der Waals surface area contributed by atoms with E-state index in [0.717, 1.165) is 32.7 Å².